The van der Waals surface area contributed by atoms with E-state index in [1.54, 1.807) is 24.3 Å². The van der Waals surface area contributed by atoms with Gasteiger partial charge in [0.25, 0.3) is 0 Å². The van der Waals surface area contributed by atoms with Gasteiger partial charge in [0.05, 0.1) is 11.6 Å². The van der Waals surface area contributed by atoms with Crippen molar-refractivity contribution in [3.63, 3.8) is 0 Å². The minimum Gasteiger partial charge on any atom is -0.354 e. The van der Waals surface area contributed by atoms with Gasteiger partial charge in [-0.2, -0.15) is 5.26 Å². The van der Waals surface area contributed by atoms with Gasteiger partial charge < -0.3 is 10.6 Å². The molecule has 0 radical (unpaired) electrons. The molecule has 1 aliphatic carbocycles. The van der Waals surface area contributed by atoms with Crippen LogP contribution in [0.15, 0.2) is 24.3 Å². The van der Waals surface area contributed by atoms with E-state index in [9.17, 15) is 9.59 Å². The zero-order valence-electron chi connectivity index (χ0n) is 13.6. The molecule has 5 heteroatoms. The number of nitriles is 1. The van der Waals surface area contributed by atoms with E-state index < -0.39 is 0 Å². The Morgan fingerprint density at radius 3 is 2.04 bits per heavy atom. The molecule has 0 saturated heterocycles. The van der Waals surface area contributed by atoms with Crippen LogP contribution in [-0.2, 0) is 9.59 Å². The van der Waals surface area contributed by atoms with Crippen LogP contribution in [0.2, 0.25) is 0 Å². The first-order valence-corrected chi connectivity index (χ1v) is 8.11. The van der Waals surface area contributed by atoms with Crippen molar-refractivity contribution in [1.82, 2.24) is 5.32 Å². The Morgan fingerprint density at radius 2 is 1.57 bits per heavy atom. The fraction of sp³-hybridized carbons (Fsp3) is 0.500. The van der Waals surface area contributed by atoms with Crippen LogP contribution in [0.3, 0.4) is 0 Å². The molecular weight excluding hydrogens is 290 g/mol. The summed E-state index contributed by atoms with van der Waals surface area (Å²) in [4.78, 5) is 24.3. The Hall–Kier alpha value is -2.35. The standard InChI is InChI=1S/C18H23N3O2/c1-12(2)20-17(22)14-5-7-15(8-6-14)18(23)21-16-9-3-13(11-19)4-10-16/h3-4,9-10,12,14-15H,5-8H2,1-2H3,(H,20,22)(H,21,23). The summed E-state index contributed by atoms with van der Waals surface area (Å²) in [6.45, 7) is 3.91. The molecule has 2 N–H and O–H groups in total. The van der Waals surface area contributed by atoms with E-state index in [1.165, 1.54) is 0 Å². The molecule has 122 valence electrons. The Bertz CT molecular complexity index is 594. The third-order valence-electron chi connectivity index (χ3n) is 4.18. The quantitative estimate of drug-likeness (QED) is 0.896. The fourth-order valence-corrected chi connectivity index (χ4v) is 2.89. The van der Waals surface area contributed by atoms with Crippen LogP contribution in [0.4, 0.5) is 5.69 Å². The summed E-state index contributed by atoms with van der Waals surface area (Å²) in [7, 11) is 0. The first kappa shape index (κ1) is 17.0. The molecule has 1 aliphatic rings. The Labute approximate surface area is 137 Å². The van der Waals surface area contributed by atoms with Gasteiger partial charge in [0.2, 0.25) is 11.8 Å². The van der Waals surface area contributed by atoms with Crippen LogP contribution < -0.4 is 10.6 Å². The third-order valence-corrected chi connectivity index (χ3v) is 4.18. The molecule has 0 atom stereocenters. The molecular formula is C18H23N3O2. The van der Waals surface area contributed by atoms with Crippen LogP contribution in [-0.4, -0.2) is 17.9 Å². The maximum absolute atomic E-state index is 12.3. The number of amides is 2. The van der Waals surface area contributed by atoms with Crippen molar-refractivity contribution in [2.45, 2.75) is 45.6 Å². The highest BCUT2D eigenvalue weighted by molar-refractivity contribution is 5.92. The van der Waals surface area contributed by atoms with Gasteiger partial charge in [0.15, 0.2) is 0 Å². The molecule has 0 bridgehead atoms. The van der Waals surface area contributed by atoms with Gasteiger partial charge >= 0.3 is 0 Å². The van der Waals surface area contributed by atoms with E-state index >= 15 is 0 Å². The summed E-state index contributed by atoms with van der Waals surface area (Å²) >= 11 is 0. The van der Waals surface area contributed by atoms with E-state index in [4.69, 9.17) is 5.26 Å². The van der Waals surface area contributed by atoms with Gasteiger partial charge in [-0.25, -0.2) is 0 Å². The number of nitrogens with one attached hydrogen (secondary N) is 2. The lowest BCUT2D eigenvalue weighted by molar-refractivity contribution is -0.128. The molecule has 0 spiro atoms. The van der Waals surface area contributed by atoms with Crippen molar-refractivity contribution in [3.05, 3.63) is 29.8 Å². The lowest BCUT2D eigenvalue weighted by Crippen LogP contribution is -2.38. The molecule has 0 unspecified atom stereocenters. The lowest BCUT2D eigenvalue weighted by Gasteiger charge is -2.27. The molecule has 1 aromatic carbocycles. The summed E-state index contributed by atoms with van der Waals surface area (Å²) in [6.07, 6.45) is 2.98. The monoisotopic (exact) mass is 313 g/mol. The molecule has 23 heavy (non-hydrogen) atoms. The second-order valence-corrected chi connectivity index (χ2v) is 6.39. The highest BCUT2D eigenvalue weighted by Gasteiger charge is 2.30. The molecule has 2 rings (SSSR count). The predicted octanol–water partition coefficient (Wildman–Crippen LogP) is 2.83. The second kappa shape index (κ2) is 7.77. The number of carbonyl (C=O) groups is 2. The van der Waals surface area contributed by atoms with Crippen molar-refractivity contribution in [2.24, 2.45) is 11.8 Å². The number of carbonyl (C=O) groups excluding carboxylic acids is 2. The topological polar surface area (TPSA) is 82.0 Å². The SMILES string of the molecule is CC(C)NC(=O)C1CCC(C(=O)Nc2ccc(C#N)cc2)CC1. The van der Waals surface area contributed by atoms with E-state index in [1.807, 2.05) is 19.9 Å². The average Bonchev–Trinajstić information content (AvgIpc) is 2.55. The number of benzene rings is 1. The third kappa shape index (κ3) is 4.82. The number of hydrogen-bond donors (Lipinski definition) is 2. The lowest BCUT2D eigenvalue weighted by atomic mass is 9.81. The highest BCUT2D eigenvalue weighted by Crippen LogP contribution is 2.30. The smallest absolute Gasteiger partial charge is 0.227 e. The van der Waals surface area contributed by atoms with Gasteiger partial charge in [-0.3, -0.25) is 9.59 Å². The first-order valence-electron chi connectivity index (χ1n) is 8.11. The molecule has 1 aromatic rings. The Balaban J connectivity index is 1.83. The summed E-state index contributed by atoms with van der Waals surface area (Å²) < 4.78 is 0. The van der Waals surface area contributed by atoms with Gasteiger partial charge in [0, 0.05) is 23.6 Å². The van der Waals surface area contributed by atoms with E-state index in [-0.39, 0.29) is 29.7 Å². The molecule has 0 aliphatic heterocycles. The first-order chi connectivity index (χ1) is 11.0. The Kier molecular flexibility index (Phi) is 5.75. The minimum absolute atomic E-state index is 0.00238. The molecule has 1 saturated carbocycles. The summed E-state index contributed by atoms with van der Waals surface area (Å²) in [6, 6.07) is 9.04. The van der Waals surface area contributed by atoms with E-state index in [0.29, 0.717) is 11.3 Å². The van der Waals surface area contributed by atoms with Crippen LogP contribution in [0, 0.1) is 23.2 Å². The zero-order valence-corrected chi connectivity index (χ0v) is 13.6. The average molecular weight is 313 g/mol. The van der Waals surface area contributed by atoms with Crippen molar-refractivity contribution >= 4 is 17.5 Å². The fourth-order valence-electron chi connectivity index (χ4n) is 2.89. The van der Waals surface area contributed by atoms with E-state index in [2.05, 4.69) is 10.6 Å². The summed E-state index contributed by atoms with van der Waals surface area (Å²) in [5, 5.41) is 14.6. The largest absolute Gasteiger partial charge is 0.354 e. The van der Waals surface area contributed by atoms with Gasteiger partial charge in [-0.15, -0.1) is 0 Å². The number of hydrogen-bond acceptors (Lipinski definition) is 3. The maximum Gasteiger partial charge on any atom is 0.227 e. The summed E-state index contributed by atoms with van der Waals surface area (Å²) in [5.74, 6) is 0.0773. The maximum atomic E-state index is 12.3. The van der Waals surface area contributed by atoms with Crippen molar-refractivity contribution in [3.8, 4) is 6.07 Å². The van der Waals surface area contributed by atoms with Crippen molar-refractivity contribution in [1.29, 1.82) is 5.26 Å². The van der Waals surface area contributed by atoms with Crippen molar-refractivity contribution in [2.75, 3.05) is 5.32 Å². The predicted molar refractivity (Wildman–Crippen MR) is 88.5 cm³/mol. The number of anilines is 1. The number of nitrogens with zero attached hydrogens (tertiary/aromatic N) is 1. The van der Waals surface area contributed by atoms with Crippen LogP contribution in [0.5, 0.6) is 0 Å². The molecule has 5 nitrogen and oxygen atoms in total. The molecule has 0 heterocycles. The molecule has 1 fully saturated rings. The zero-order chi connectivity index (χ0) is 16.8. The van der Waals surface area contributed by atoms with Crippen LogP contribution in [0.1, 0.15) is 45.1 Å². The van der Waals surface area contributed by atoms with Gasteiger partial charge in [0.1, 0.15) is 0 Å². The molecule has 2 amide bonds. The van der Waals surface area contributed by atoms with Gasteiger partial charge in [-0.1, -0.05) is 0 Å². The number of rotatable bonds is 4. The summed E-state index contributed by atoms with van der Waals surface area (Å²) in [5.41, 5.74) is 1.27. The van der Waals surface area contributed by atoms with Crippen LogP contribution in [0.25, 0.3) is 0 Å². The minimum atomic E-state index is -0.0475. The van der Waals surface area contributed by atoms with E-state index in [0.717, 1.165) is 25.7 Å². The highest BCUT2D eigenvalue weighted by atomic mass is 16.2. The van der Waals surface area contributed by atoms with Gasteiger partial charge in [-0.05, 0) is 63.8 Å². The normalized spacial score (nSPS) is 20.6. The van der Waals surface area contributed by atoms with Crippen molar-refractivity contribution < 1.29 is 9.59 Å². The second-order valence-electron chi connectivity index (χ2n) is 6.39. The molecule has 0 aromatic heterocycles. The van der Waals surface area contributed by atoms with Crippen LogP contribution >= 0.6 is 0 Å². The Morgan fingerprint density at radius 1 is 1.04 bits per heavy atom.